The Labute approximate surface area is 160 Å². The van der Waals surface area contributed by atoms with Gasteiger partial charge in [0, 0.05) is 30.8 Å². The molecule has 144 valence electrons. The highest BCUT2D eigenvalue weighted by atomic mass is 16.5. The molecular formula is C19H19N5O4. The zero-order valence-electron chi connectivity index (χ0n) is 15.0. The molecule has 2 aromatic heterocycles. The molecule has 28 heavy (non-hydrogen) atoms. The summed E-state index contributed by atoms with van der Waals surface area (Å²) in [5, 5.41) is 11.9. The van der Waals surface area contributed by atoms with Crippen LogP contribution in [0.5, 0.6) is 0 Å². The number of benzene rings is 1. The van der Waals surface area contributed by atoms with Crippen molar-refractivity contribution < 1.29 is 18.5 Å². The van der Waals surface area contributed by atoms with Crippen LogP contribution in [-0.2, 0) is 11.2 Å². The van der Waals surface area contributed by atoms with Gasteiger partial charge in [-0.15, -0.1) is 6.58 Å². The van der Waals surface area contributed by atoms with Gasteiger partial charge in [-0.3, -0.25) is 4.79 Å². The summed E-state index contributed by atoms with van der Waals surface area (Å²) in [7, 11) is 0. The highest BCUT2D eigenvalue weighted by Gasteiger charge is 2.12. The number of nitrogens with one attached hydrogen (secondary N) is 3. The molecule has 0 atom stereocenters. The van der Waals surface area contributed by atoms with Crippen LogP contribution in [0.3, 0.4) is 0 Å². The summed E-state index contributed by atoms with van der Waals surface area (Å²) >= 11 is 0. The van der Waals surface area contributed by atoms with Gasteiger partial charge < -0.3 is 24.9 Å². The van der Waals surface area contributed by atoms with Crippen molar-refractivity contribution in [2.75, 3.05) is 17.2 Å². The molecule has 9 heteroatoms. The van der Waals surface area contributed by atoms with Gasteiger partial charge in [0.15, 0.2) is 5.76 Å². The molecule has 0 bridgehead atoms. The van der Waals surface area contributed by atoms with Crippen molar-refractivity contribution in [2.24, 2.45) is 0 Å². The first kappa shape index (κ1) is 18.9. The minimum Gasteiger partial charge on any atom is -0.461 e. The first-order valence-electron chi connectivity index (χ1n) is 8.56. The van der Waals surface area contributed by atoms with E-state index in [2.05, 4.69) is 32.7 Å². The monoisotopic (exact) mass is 381 g/mol. The summed E-state index contributed by atoms with van der Waals surface area (Å²) in [6.45, 7) is 3.90. The summed E-state index contributed by atoms with van der Waals surface area (Å²) in [6, 6.07) is 9.90. The van der Waals surface area contributed by atoms with E-state index in [1.807, 2.05) is 0 Å². The van der Waals surface area contributed by atoms with Crippen LogP contribution in [0, 0.1) is 0 Å². The van der Waals surface area contributed by atoms with E-state index in [-0.39, 0.29) is 18.4 Å². The lowest BCUT2D eigenvalue weighted by Gasteiger charge is -2.08. The average Bonchev–Trinajstić information content (AvgIpc) is 3.38. The Morgan fingerprint density at radius 2 is 1.86 bits per heavy atom. The van der Waals surface area contributed by atoms with E-state index >= 15 is 0 Å². The van der Waals surface area contributed by atoms with E-state index in [4.69, 9.17) is 8.94 Å². The van der Waals surface area contributed by atoms with E-state index in [0.717, 1.165) is 0 Å². The second kappa shape index (κ2) is 9.17. The van der Waals surface area contributed by atoms with E-state index < -0.39 is 0 Å². The molecule has 3 aromatic rings. The van der Waals surface area contributed by atoms with Crippen molar-refractivity contribution in [3.05, 3.63) is 61.2 Å². The molecule has 0 aliphatic rings. The summed E-state index contributed by atoms with van der Waals surface area (Å²) < 4.78 is 10.3. The Morgan fingerprint density at radius 3 is 2.54 bits per heavy atom. The number of rotatable bonds is 8. The van der Waals surface area contributed by atoms with Crippen molar-refractivity contribution in [1.29, 1.82) is 0 Å². The van der Waals surface area contributed by atoms with E-state index in [1.54, 1.807) is 42.5 Å². The number of aromatic nitrogens is 2. The van der Waals surface area contributed by atoms with Crippen LogP contribution < -0.4 is 16.0 Å². The Balaban J connectivity index is 1.46. The van der Waals surface area contributed by atoms with Gasteiger partial charge in [0.25, 0.3) is 0 Å². The number of hydrogen-bond acceptors (Lipinski definition) is 6. The van der Waals surface area contributed by atoms with E-state index in [1.165, 1.54) is 6.26 Å². The Hall–Kier alpha value is -3.88. The van der Waals surface area contributed by atoms with Crippen molar-refractivity contribution in [3.63, 3.8) is 0 Å². The maximum Gasteiger partial charge on any atom is 0.319 e. The topological polar surface area (TPSA) is 122 Å². The van der Waals surface area contributed by atoms with Crippen molar-refractivity contribution in [3.8, 4) is 11.6 Å². The summed E-state index contributed by atoms with van der Waals surface area (Å²) in [5.74, 6) is 1.01. The number of hydrogen-bond donors (Lipinski definition) is 3. The van der Waals surface area contributed by atoms with Gasteiger partial charge in [-0.05, 0) is 36.4 Å². The summed E-state index contributed by atoms with van der Waals surface area (Å²) in [5.41, 5.74) is 1.22. The normalized spacial score (nSPS) is 10.3. The fraction of sp³-hybridized carbons (Fsp3) is 0.158. The lowest BCUT2D eigenvalue weighted by molar-refractivity contribution is -0.116. The van der Waals surface area contributed by atoms with E-state index in [0.29, 0.717) is 41.8 Å². The number of carbonyl (C=O) groups excluding carboxylic acids is 2. The summed E-state index contributed by atoms with van der Waals surface area (Å²) in [6.07, 6.45) is 3.60. The number of anilines is 2. The third-order valence-corrected chi connectivity index (χ3v) is 3.61. The molecule has 0 saturated carbocycles. The molecule has 3 N–H and O–H groups in total. The van der Waals surface area contributed by atoms with E-state index in [9.17, 15) is 9.59 Å². The van der Waals surface area contributed by atoms with Crippen LogP contribution >= 0.6 is 0 Å². The first-order valence-corrected chi connectivity index (χ1v) is 8.56. The van der Waals surface area contributed by atoms with Gasteiger partial charge in [0.05, 0.1) is 6.26 Å². The van der Waals surface area contributed by atoms with Crippen LogP contribution in [-0.4, -0.2) is 28.6 Å². The number of amides is 3. The minimum atomic E-state index is -0.329. The molecule has 3 amide bonds. The molecule has 0 fully saturated rings. The largest absolute Gasteiger partial charge is 0.461 e. The molecule has 1 aromatic carbocycles. The SMILES string of the molecule is C=CCNC(=O)Nc1ccc(NC(=O)CCc2nc(-c3ccco3)no2)cc1. The molecule has 3 rings (SSSR count). The number of furan rings is 1. The average molecular weight is 381 g/mol. The molecule has 0 aliphatic heterocycles. The minimum absolute atomic E-state index is 0.184. The lowest BCUT2D eigenvalue weighted by Crippen LogP contribution is -2.28. The number of nitrogens with zero attached hydrogens (tertiary/aromatic N) is 2. The van der Waals surface area contributed by atoms with Crippen LogP contribution in [0.15, 0.2) is 64.3 Å². The predicted octanol–water partition coefficient (Wildman–Crippen LogP) is 3.21. The maximum absolute atomic E-state index is 12.1. The number of aryl methyl sites for hydroxylation is 1. The number of urea groups is 1. The van der Waals surface area contributed by atoms with Crippen molar-refractivity contribution in [1.82, 2.24) is 15.5 Å². The van der Waals surface area contributed by atoms with Crippen LogP contribution in [0.2, 0.25) is 0 Å². The van der Waals surface area contributed by atoms with Gasteiger partial charge in [0.2, 0.25) is 17.6 Å². The smallest absolute Gasteiger partial charge is 0.319 e. The van der Waals surface area contributed by atoms with Crippen molar-refractivity contribution >= 4 is 23.3 Å². The third-order valence-electron chi connectivity index (χ3n) is 3.61. The quantitative estimate of drug-likeness (QED) is 0.515. The molecule has 0 aliphatic carbocycles. The lowest BCUT2D eigenvalue weighted by atomic mass is 10.2. The van der Waals surface area contributed by atoms with Crippen LogP contribution in [0.25, 0.3) is 11.6 Å². The summed E-state index contributed by atoms with van der Waals surface area (Å²) in [4.78, 5) is 27.8. The molecule has 0 unspecified atom stereocenters. The highest BCUT2D eigenvalue weighted by Crippen LogP contribution is 2.17. The zero-order chi connectivity index (χ0) is 19.8. The second-order valence-electron chi connectivity index (χ2n) is 5.74. The Morgan fingerprint density at radius 1 is 1.11 bits per heavy atom. The maximum atomic E-state index is 12.1. The molecule has 9 nitrogen and oxygen atoms in total. The zero-order valence-corrected chi connectivity index (χ0v) is 15.0. The Bertz CT molecular complexity index is 932. The van der Waals surface area contributed by atoms with Crippen LogP contribution in [0.4, 0.5) is 16.2 Å². The second-order valence-corrected chi connectivity index (χ2v) is 5.74. The predicted molar refractivity (Wildman–Crippen MR) is 103 cm³/mol. The molecule has 0 spiro atoms. The molecular weight excluding hydrogens is 362 g/mol. The first-order chi connectivity index (χ1) is 13.6. The molecule has 2 heterocycles. The van der Waals surface area contributed by atoms with Gasteiger partial charge in [-0.2, -0.15) is 4.98 Å². The third kappa shape index (κ3) is 5.31. The molecule has 0 saturated heterocycles. The fourth-order valence-corrected chi connectivity index (χ4v) is 2.28. The standard InChI is InChI=1S/C19H19N5O4/c1-2-11-20-19(26)22-14-7-5-13(6-8-14)21-16(25)9-10-17-23-18(24-28-17)15-4-3-12-27-15/h2-8,12H,1,9-11H2,(H,21,25)(H2,20,22,26). The number of carbonyl (C=O) groups is 2. The van der Waals surface area contributed by atoms with Gasteiger partial charge in [-0.1, -0.05) is 11.2 Å². The van der Waals surface area contributed by atoms with Crippen molar-refractivity contribution in [2.45, 2.75) is 12.8 Å². The Kier molecular flexibility index (Phi) is 6.19. The van der Waals surface area contributed by atoms with Gasteiger partial charge >= 0.3 is 6.03 Å². The molecule has 0 radical (unpaired) electrons. The fourth-order valence-electron chi connectivity index (χ4n) is 2.28. The van der Waals surface area contributed by atoms with Gasteiger partial charge in [0.1, 0.15) is 0 Å². The van der Waals surface area contributed by atoms with Gasteiger partial charge in [-0.25, -0.2) is 4.79 Å². The van der Waals surface area contributed by atoms with Crippen LogP contribution in [0.1, 0.15) is 12.3 Å². The highest BCUT2D eigenvalue weighted by molar-refractivity contribution is 5.92.